The maximum Gasteiger partial charge on any atom is 0.251 e. The summed E-state index contributed by atoms with van der Waals surface area (Å²) in [5, 5.41) is 0.136. The van der Waals surface area contributed by atoms with Crippen molar-refractivity contribution in [2.24, 2.45) is 0 Å². The van der Waals surface area contributed by atoms with E-state index in [1.807, 2.05) is 13.8 Å². The average molecular weight is 292 g/mol. The van der Waals surface area contributed by atoms with Gasteiger partial charge in [-0.25, -0.2) is 13.8 Å². The van der Waals surface area contributed by atoms with E-state index in [0.29, 0.717) is 25.4 Å². The predicted molar refractivity (Wildman–Crippen MR) is 67.8 cm³/mol. The van der Waals surface area contributed by atoms with Gasteiger partial charge in [-0.2, -0.15) is 4.98 Å². The standard InChI is InChI=1S/C12H16ClF2N3O/c1-7(2)19-11-8-5-18(6-10(14)15)4-3-9(8)16-12(13)17-11/h7,10H,3-6H2,1-2H3. The van der Waals surface area contributed by atoms with Crippen LogP contribution in [-0.2, 0) is 13.0 Å². The Balaban J connectivity index is 2.25. The third-order valence-electron chi connectivity index (χ3n) is 2.82. The molecule has 1 aliphatic rings. The molecule has 0 fully saturated rings. The number of rotatable bonds is 4. The molecule has 1 aromatic heterocycles. The molecule has 0 aromatic carbocycles. The van der Waals surface area contributed by atoms with E-state index < -0.39 is 6.43 Å². The van der Waals surface area contributed by atoms with E-state index in [4.69, 9.17) is 16.3 Å². The molecule has 7 heteroatoms. The van der Waals surface area contributed by atoms with Gasteiger partial charge in [-0.3, -0.25) is 4.90 Å². The van der Waals surface area contributed by atoms with Crippen LogP contribution in [0.15, 0.2) is 0 Å². The van der Waals surface area contributed by atoms with Gasteiger partial charge in [0, 0.05) is 25.1 Å². The number of nitrogens with zero attached hydrogens (tertiary/aromatic N) is 3. The minimum absolute atomic E-state index is 0.0551. The van der Waals surface area contributed by atoms with E-state index in [1.54, 1.807) is 4.90 Å². The van der Waals surface area contributed by atoms with Crippen molar-refractivity contribution in [2.75, 3.05) is 13.1 Å². The quantitative estimate of drug-likeness (QED) is 0.799. The first-order chi connectivity index (χ1) is 8.95. The first-order valence-electron chi connectivity index (χ1n) is 6.18. The topological polar surface area (TPSA) is 38.3 Å². The molecule has 0 N–H and O–H groups in total. The number of halogens is 3. The van der Waals surface area contributed by atoms with E-state index in [2.05, 4.69) is 9.97 Å². The Morgan fingerprint density at radius 2 is 2.11 bits per heavy atom. The molecule has 0 aliphatic carbocycles. The van der Waals surface area contributed by atoms with Crippen LogP contribution < -0.4 is 4.74 Å². The lowest BCUT2D eigenvalue weighted by Crippen LogP contribution is -2.35. The lowest BCUT2D eigenvalue weighted by molar-refractivity contribution is 0.0802. The molecule has 4 nitrogen and oxygen atoms in total. The largest absolute Gasteiger partial charge is 0.475 e. The van der Waals surface area contributed by atoms with Crippen molar-refractivity contribution in [3.05, 3.63) is 16.5 Å². The zero-order valence-electron chi connectivity index (χ0n) is 10.9. The van der Waals surface area contributed by atoms with Crippen molar-refractivity contribution in [3.63, 3.8) is 0 Å². The molecule has 0 bridgehead atoms. The molecule has 0 spiro atoms. The first kappa shape index (κ1) is 14.4. The molecule has 0 saturated heterocycles. The summed E-state index contributed by atoms with van der Waals surface area (Å²) in [6, 6.07) is 0. The minimum Gasteiger partial charge on any atom is -0.475 e. The number of hydrogen-bond donors (Lipinski definition) is 0. The second-order valence-corrected chi connectivity index (χ2v) is 5.10. The monoisotopic (exact) mass is 291 g/mol. The fourth-order valence-corrected chi connectivity index (χ4v) is 2.26. The Hall–Kier alpha value is -1.01. The normalized spacial score (nSPS) is 15.9. The fraction of sp³-hybridized carbons (Fsp3) is 0.667. The Kier molecular flexibility index (Phi) is 4.52. The van der Waals surface area contributed by atoms with Crippen molar-refractivity contribution in [3.8, 4) is 5.88 Å². The molecule has 19 heavy (non-hydrogen) atoms. The predicted octanol–water partition coefficient (Wildman–Crippen LogP) is 2.54. The van der Waals surface area contributed by atoms with E-state index in [0.717, 1.165) is 11.3 Å². The smallest absolute Gasteiger partial charge is 0.251 e. The van der Waals surface area contributed by atoms with Gasteiger partial charge in [-0.05, 0) is 25.4 Å². The highest BCUT2D eigenvalue weighted by atomic mass is 35.5. The summed E-state index contributed by atoms with van der Waals surface area (Å²) in [4.78, 5) is 9.89. The van der Waals surface area contributed by atoms with Crippen molar-refractivity contribution < 1.29 is 13.5 Å². The second-order valence-electron chi connectivity index (χ2n) is 4.77. The molecule has 2 heterocycles. The summed E-state index contributed by atoms with van der Waals surface area (Å²) in [5.74, 6) is 0.406. The maximum absolute atomic E-state index is 12.4. The number of aromatic nitrogens is 2. The summed E-state index contributed by atoms with van der Waals surface area (Å²) < 4.78 is 30.5. The summed E-state index contributed by atoms with van der Waals surface area (Å²) in [6.45, 7) is 4.43. The van der Waals surface area contributed by atoms with Crippen LogP contribution in [0.4, 0.5) is 8.78 Å². The van der Waals surface area contributed by atoms with Crippen LogP contribution in [0, 0.1) is 0 Å². The van der Waals surface area contributed by atoms with Gasteiger partial charge >= 0.3 is 0 Å². The van der Waals surface area contributed by atoms with Gasteiger partial charge in [-0.15, -0.1) is 0 Å². The molecule has 0 radical (unpaired) electrons. The van der Waals surface area contributed by atoms with Crippen molar-refractivity contribution >= 4 is 11.6 Å². The third-order valence-corrected chi connectivity index (χ3v) is 2.99. The van der Waals surface area contributed by atoms with E-state index >= 15 is 0 Å². The van der Waals surface area contributed by atoms with Crippen LogP contribution in [0.25, 0.3) is 0 Å². The number of alkyl halides is 2. The van der Waals surface area contributed by atoms with Crippen LogP contribution in [-0.4, -0.2) is 40.5 Å². The summed E-state index contributed by atoms with van der Waals surface area (Å²) in [5.41, 5.74) is 1.56. The molecule has 0 unspecified atom stereocenters. The zero-order chi connectivity index (χ0) is 14.0. The minimum atomic E-state index is -2.34. The molecule has 106 valence electrons. The summed E-state index contributed by atoms with van der Waals surface area (Å²) in [6.07, 6.45) is -1.82. The van der Waals surface area contributed by atoms with E-state index in [1.165, 1.54) is 0 Å². The van der Waals surface area contributed by atoms with Gasteiger partial charge in [0.1, 0.15) is 0 Å². The number of ether oxygens (including phenoxy) is 1. The lowest BCUT2D eigenvalue weighted by atomic mass is 10.1. The van der Waals surface area contributed by atoms with Gasteiger partial charge in [0.15, 0.2) is 0 Å². The second kappa shape index (κ2) is 5.96. The van der Waals surface area contributed by atoms with Crippen molar-refractivity contribution in [1.29, 1.82) is 0 Å². The van der Waals surface area contributed by atoms with Gasteiger partial charge < -0.3 is 4.74 Å². The van der Waals surface area contributed by atoms with Crippen LogP contribution in [0.2, 0.25) is 5.28 Å². The Morgan fingerprint density at radius 1 is 1.37 bits per heavy atom. The summed E-state index contributed by atoms with van der Waals surface area (Å²) >= 11 is 5.85. The molecule has 1 aromatic rings. The van der Waals surface area contributed by atoms with Gasteiger partial charge in [0.2, 0.25) is 11.2 Å². The van der Waals surface area contributed by atoms with Gasteiger partial charge in [-0.1, -0.05) is 0 Å². The Morgan fingerprint density at radius 3 is 2.74 bits per heavy atom. The van der Waals surface area contributed by atoms with Crippen LogP contribution >= 0.6 is 11.6 Å². The molecule has 1 aliphatic heterocycles. The van der Waals surface area contributed by atoms with Crippen molar-refractivity contribution in [2.45, 2.75) is 39.3 Å². The van der Waals surface area contributed by atoms with Gasteiger partial charge in [0.05, 0.1) is 18.3 Å². The Bertz CT molecular complexity index is 457. The molecule has 0 saturated carbocycles. The van der Waals surface area contributed by atoms with E-state index in [-0.39, 0.29) is 17.9 Å². The van der Waals surface area contributed by atoms with E-state index in [9.17, 15) is 8.78 Å². The lowest BCUT2D eigenvalue weighted by Gasteiger charge is -2.28. The molecular weight excluding hydrogens is 276 g/mol. The van der Waals surface area contributed by atoms with Crippen LogP contribution in [0.5, 0.6) is 5.88 Å². The number of fused-ring (bicyclic) bond motifs is 1. The Labute approximate surface area is 115 Å². The summed E-state index contributed by atoms with van der Waals surface area (Å²) in [7, 11) is 0. The highest BCUT2D eigenvalue weighted by Gasteiger charge is 2.25. The van der Waals surface area contributed by atoms with Crippen molar-refractivity contribution in [1.82, 2.24) is 14.9 Å². The maximum atomic E-state index is 12.4. The zero-order valence-corrected chi connectivity index (χ0v) is 11.6. The van der Waals surface area contributed by atoms with Crippen LogP contribution in [0.3, 0.4) is 0 Å². The van der Waals surface area contributed by atoms with Gasteiger partial charge in [0.25, 0.3) is 6.43 Å². The fourth-order valence-electron chi connectivity index (χ4n) is 2.08. The highest BCUT2D eigenvalue weighted by molar-refractivity contribution is 6.28. The first-order valence-corrected chi connectivity index (χ1v) is 6.56. The highest BCUT2D eigenvalue weighted by Crippen LogP contribution is 2.27. The molecular formula is C12H16ClF2N3O. The van der Waals surface area contributed by atoms with Crippen LogP contribution in [0.1, 0.15) is 25.1 Å². The SMILES string of the molecule is CC(C)Oc1nc(Cl)nc2c1CN(CC(F)F)CC2. The molecule has 0 amide bonds. The molecule has 0 atom stereocenters. The molecule has 2 rings (SSSR count). The average Bonchev–Trinajstić information content (AvgIpc) is 2.28. The third kappa shape index (κ3) is 3.73. The number of hydrogen-bond acceptors (Lipinski definition) is 4.